The number of benzene rings is 2. The first-order valence-electron chi connectivity index (χ1n) is 14.5. The molecule has 3 aliphatic rings. The SMILES string of the molecule is [Li][C](=O)C(c1ncn2c1C[C@@H](F)C2)N1Cc2c(F)cc(-c3ccc(N4CCN(C(=O)OC(C)(C)C)CC4)cc3)cc2C1=O. The van der Waals surface area contributed by atoms with E-state index in [0.717, 1.165) is 11.3 Å². The Morgan fingerprint density at radius 3 is 2.42 bits per heavy atom. The van der Waals surface area contributed by atoms with Crippen LogP contribution in [0.1, 0.15) is 54.1 Å². The number of piperazine rings is 1. The Morgan fingerprint density at radius 1 is 1.07 bits per heavy atom. The van der Waals surface area contributed by atoms with Crippen LogP contribution in [0.15, 0.2) is 42.7 Å². The Labute approximate surface area is 258 Å². The van der Waals surface area contributed by atoms with Crippen molar-refractivity contribution >= 4 is 39.9 Å². The van der Waals surface area contributed by atoms with Gasteiger partial charge in [-0.1, -0.05) is 0 Å². The molecule has 0 N–H and O–H groups in total. The van der Waals surface area contributed by atoms with Crippen LogP contribution in [0.25, 0.3) is 11.1 Å². The molecule has 2 aromatic carbocycles. The number of carbonyl (C=O) groups excluding carboxylic acids is 3. The van der Waals surface area contributed by atoms with Crippen molar-refractivity contribution in [2.24, 2.45) is 0 Å². The van der Waals surface area contributed by atoms with Crippen molar-refractivity contribution in [1.82, 2.24) is 19.4 Å². The molecule has 9 nitrogen and oxygen atoms in total. The molecule has 12 heteroatoms. The molecule has 1 fully saturated rings. The fourth-order valence-electron chi connectivity index (χ4n) is 6.18. The van der Waals surface area contributed by atoms with Gasteiger partial charge >= 0.3 is 191 Å². The fourth-order valence-corrected chi connectivity index (χ4v) is 6.18. The molecule has 1 aromatic heterocycles. The molecule has 0 aliphatic carbocycles. The molecule has 0 bridgehead atoms. The summed E-state index contributed by atoms with van der Waals surface area (Å²) in [7, 11) is 0. The third kappa shape index (κ3) is 5.68. The molecule has 0 saturated carbocycles. The number of nitrogens with zero attached hydrogens (tertiary/aromatic N) is 5. The van der Waals surface area contributed by atoms with E-state index in [2.05, 4.69) is 9.88 Å². The van der Waals surface area contributed by atoms with Gasteiger partial charge in [-0.15, -0.1) is 0 Å². The van der Waals surface area contributed by atoms with Crippen LogP contribution in [0, 0.1) is 5.82 Å². The normalized spacial score (nSPS) is 19.0. The second-order valence-electron chi connectivity index (χ2n) is 12.5. The molecule has 0 radical (unpaired) electrons. The van der Waals surface area contributed by atoms with Gasteiger partial charge in [0.1, 0.15) is 5.60 Å². The Bertz CT molecular complexity index is 1590. The van der Waals surface area contributed by atoms with Crippen LogP contribution >= 0.6 is 0 Å². The van der Waals surface area contributed by atoms with E-state index in [4.69, 9.17) is 4.74 Å². The predicted molar refractivity (Wildman–Crippen MR) is 156 cm³/mol. The number of fused-ring (bicyclic) bond motifs is 2. The van der Waals surface area contributed by atoms with Crippen molar-refractivity contribution in [3.05, 3.63) is 71.1 Å². The first kappa shape index (κ1) is 29.4. The van der Waals surface area contributed by atoms with Crippen molar-refractivity contribution in [3.8, 4) is 11.1 Å². The van der Waals surface area contributed by atoms with Crippen LogP contribution in [0.5, 0.6) is 0 Å². The van der Waals surface area contributed by atoms with Crippen molar-refractivity contribution in [1.29, 1.82) is 0 Å². The number of carbonyl (C=O) groups is 3. The standard InChI is InChI=1S/C31H32F2N5O4.Li/c1-31(2,3)42-30(41)36-10-8-35(9-11-36)22-6-4-19(5-7-22)20-12-23-24(25(33)13-20)16-38(29(23)40)27(17-39)28-26-14-21(32)15-37(26)18-34-28;/h4-7,12-13,18,21,27H,8-11,14-16H2,1-3H3;/t21-,27?;/m1./s1. The van der Waals surface area contributed by atoms with E-state index in [-0.39, 0.29) is 41.2 Å². The predicted octanol–water partition coefficient (Wildman–Crippen LogP) is 4.03. The molecule has 6 rings (SSSR count). The topological polar surface area (TPSA) is 88.0 Å². The fraction of sp³-hybridized carbons (Fsp3) is 0.419. The van der Waals surface area contributed by atoms with Crippen molar-refractivity contribution in [3.63, 3.8) is 0 Å². The Morgan fingerprint density at radius 2 is 1.77 bits per heavy atom. The van der Waals surface area contributed by atoms with Crippen LogP contribution in [0.2, 0.25) is 0 Å². The maximum atomic E-state index is 15.5. The Kier molecular flexibility index (Phi) is 7.59. The zero-order chi connectivity index (χ0) is 30.6. The third-order valence-corrected chi connectivity index (χ3v) is 8.26. The Balaban J connectivity index is 1.18. The molecule has 3 aliphatic heterocycles. The minimum atomic E-state index is -1.07. The van der Waals surface area contributed by atoms with Crippen LogP contribution in [0.3, 0.4) is 0 Å². The van der Waals surface area contributed by atoms with Crippen molar-refractivity contribution in [2.45, 2.75) is 58.1 Å². The number of anilines is 1. The van der Waals surface area contributed by atoms with E-state index in [1.54, 1.807) is 15.5 Å². The van der Waals surface area contributed by atoms with Crippen molar-refractivity contribution in [2.75, 3.05) is 31.1 Å². The van der Waals surface area contributed by atoms with Gasteiger partial charge in [0.05, 0.1) is 0 Å². The van der Waals surface area contributed by atoms with Crippen molar-refractivity contribution < 1.29 is 27.9 Å². The zero-order valence-electron chi connectivity index (χ0n) is 24.8. The molecular formula is C31H32F2LiN5O4. The molecular weight excluding hydrogens is 551 g/mol. The quantitative estimate of drug-likeness (QED) is 0.422. The van der Waals surface area contributed by atoms with Gasteiger partial charge in [0.2, 0.25) is 0 Å². The third-order valence-electron chi connectivity index (χ3n) is 8.26. The van der Waals surface area contributed by atoms with E-state index in [1.165, 1.54) is 35.0 Å². The van der Waals surface area contributed by atoms with Crippen LogP contribution < -0.4 is 4.90 Å². The molecule has 2 atom stereocenters. The number of hydrogen-bond donors (Lipinski definition) is 0. The molecule has 1 unspecified atom stereocenters. The molecule has 0 spiro atoms. The van der Waals surface area contributed by atoms with Gasteiger partial charge in [0.15, 0.2) is 0 Å². The number of halogens is 2. The number of aromatic nitrogens is 2. The zero-order valence-corrected chi connectivity index (χ0v) is 24.8. The van der Waals surface area contributed by atoms with Gasteiger partial charge in [0.25, 0.3) is 0 Å². The number of alkyl halides is 1. The molecule has 1 saturated heterocycles. The molecule has 220 valence electrons. The van der Waals surface area contributed by atoms with Crippen LogP contribution in [0.4, 0.5) is 19.3 Å². The van der Waals surface area contributed by atoms with Crippen LogP contribution in [-0.2, 0) is 29.0 Å². The van der Waals surface area contributed by atoms with Gasteiger partial charge in [-0.25, -0.2) is 4.79 Å². The summed E-state index contributed by atoms with van der Waals surface area (Å²) in [5, 5.41) is 0. The van der Waals surface area contributed by atoms with E-state index < -0.39 is 29.5 Å². The molecule has 43 heavy (non-hydrogen) atoms. The summed E-state index contributed by atoms with van der Waals surface area (Å²) in [6, 6.07) is 9.72. The number of ether oxygens (including phenoxy) is 1. The van der Waals surface area contributed by atoms with Crippen LogP contribution in [-0.4, -0.2) is 91.5 Å². The average molecular weight is 584 g/mol. The second-order valence-corrected chi connectivity index (χ2v) is 12.5. The number of rotatable bonds is 5. The molecule has 2 amide bonds. The van der Waals surface area contributed by atoms with Gasteiger partial charge in [-0.05, 0) is 20.8 Å². The summed E-state index contributed by atoms with van der Waals surface area (Å²) in [5.41, 5.74) is 3.13. The van der Waals surface area contributed by atoms with Gasteiger partial charge in [-0.2, -0.15) is 0 Å². The first-order chi connectivity index (χ1) is 20.4. The van der Waals surface area contributed by atoms with Gasteiger partial charge in [0, 0.05) is 26.2 Å². The Hall–Kier alpha value is -3.68. The number of amides is 2. The van der Waals surface area contributed by atoms with E-state index in [1.807, 2.05) is 45.0 Å². The van der Waals surface area contributed by atoms with Gasteiger partial charge in [-0.3, -0.25) is 0 Å². The second kappa shape index (κ2) is 11.1. The summed E-state index contributed by atoms with van der Waals surface area (Å²) in [6.45, 7) is 8.04. The first-order valence-corrected chi connectivity index (χ1v) is 14.5. The number of hydrogen-bond acceptors (Lipinski definition) is 6. The minimum absolute atomic E-state index is 0.0654. The van der Waals surface area contributed by atoms with E-state index >= 15 is 4.39 Å². The summed E-state index contributed by atoms with van der Waals surface area (Å²) in [4.78, 5) is 48.4. The molecule has 4 heterocycles. The van der Waals surface area contributed by atoms with E-state index in [0.29, 0.717) is 43.1 Å². The summed E-state index contributed by atoms with van der Waals surface area (Å²) in [6.07, 6.45) is 0.245. The maximum absolute atomic E-state index is 15.5. The van der Waals surface area contributed by atoms with Gasteiger partial charge < -0.3 is 9.64 Å². The monoisotopic (exact) mass is 583 g/mol. The summed E-state index contributed by atoms with van der Waals surface area (Å²) < 4.78 is 36.4. The summed E-state index contributed by atoms with van der Waals surface area (Å²) >= 11 is 1.37. The average Bonchev–Trinajstić information content (AvgIpc) is 3.61. The van der Waals surface area contributed by atoms with E-state index in [9.17, 15) is 18.8 Å². The molecule has 3 aromatic rings. The number of imidazole rings is 1. The summed E-state index contributed by atoms with van der Waals surface area (Å²) in [5.74, 6) is -0.973.